The molecule has 0 fully saturated rings. The van der Waals surface area contributed by atoms with Crippen LogP contribution in [0.15, 0.2) is 58.1 Å². The van der Waals surface area contributed by atoms with E-state index in [2.05, 4.69) is 9.97 Å². The Bertz CT molecular complexity index is 1070. The van der Waals surface area contributed by atoms with Gasteiger partial charge >= 0.3 is 0 Å². The molecular formula is C17H13N3O3. The number of hydrogen-bond acceptors (Lipinski definition) is 5. The summed E-state index contributed by atoms with van der Waals surface area (Å²) in [4.78, 5) is 21.2. The van der Waals surface area contributed by atoms with Crippen molar-refractivity contribution in [1.29, 1.82) is 0 Å². The molecule has 0 aliphatic rings. The summed E-state index contributed by atoms with van der Waals surface area (Å²) in [7, 11) is 1.55. The number of methoxy groups -OCH3 is 1. The van der Waals surface area contributed by atoms with Gasteiger partial charge in [0.2, 0.25) is 11.5 Å². The number of ether oxygens (including phenoxy) is 1. The van der Waals surface area contributed by atoms with E-state index in [1.165, 1.54) is 10.9 Å². The van der Waals surface area contributed by atoms with Crippen molar-refractivity contribution in [2.24, 2.45) is 0 Å². The molecule has 4 aromatic rings. The predicted octanol–water partition coefficient (Wildman–Crippen LogP) is 2.59. The quantitative estimate of drug-likeness (QED) is 0.582. The molecule has 0 radical (unpaired) electrons. The fraction of sp³-hybridized carbons (Fsp3) is 0.118. The zero-order valence-corrected chi connectivity index (χ0v) is 12.4. The Labute approximate surface area is 131 Å². The van der Waals surface area contributed by atoms with Crippen LogP contribution in [0.2, 0.25) is 0 Å². The summed E-state index contributed by atoms with van der Waals surface area (Å²) in [5.41, 5.74) is 2.08. The summed E-state index contributed by atoms with van der Waals surface area (Å²) in [6, 6.07) is 11.1. The van der Waals surface area contributed by atoms with Crippen LogP contribution in [0, 0.1) is 0 Å². The molecule has 23 heavy (non-hydrogen) atoms. The number of para-hydroxylation sites is 1. The minimum atomic E-state index is -0.225. The van der Waals surface area contributed by atoms with Crippen molar-refractivity contribution in [2.45, 2.75) is 6.54 Å². The third-order valence-electron chi connectivity index (χ3n) is 3.73. The number of fused-ring (bicyclic) bond motifs is 3. The molecule has 0 spiro atoms. The van der Waals surface area contributed by atoms with Gasteiger partial charge in [0, 0.05) is 17.1 Å². The fourth-order valence-corrected chi connectivity index (χ4v) is 2.64. The Morgan fingerprint density at radius 2 is 2.04 bits per heavy atom. The summed E-state index contributed by atoms with van der Waals surface area (Å²) >= 11 is 0. The van der Waals surface area contributed by atoms with E-state index in [1.807, 2.05) is 30.3 Å². The Balaban J connectivity index is 1.87. The average molecular weight is 307 g/mol. The number of pyridine rings is 1. The lowest BCUT2D eigenvalue weighted by Crippen LogP contribution is -2.21. The Hall–Kier alpha value is -3.15. The predicted molar refractivity (Wildman–Crippen MR) is 85.7 cm³/mol. The second kappa shape index (κ2) is 5.24. The third kappa shape index (κ3) is 2.15. The van der Waals surface area contributed by atoms with Crippen molar-refractivity contribution < 1.29 is 9.15 Å². The van der Waals surface area contributed by atoms with Gasteiger partial charge in [-0.3, -0.25) is 9.36 Å². The fourth-order valence-electron chi connectivity index (χ4n) is 2.64. The third-order valence-corrected chi connectivity index (χ3v) is 3.73. The zero-order valence-electron chi connectivity index (χ0n) is 12.4. The molecule has 0 saturated heterocycles. The van der Waals surface area contributed by atoms with Crippen molar-refractivity contribution in [3.05, 3.63) is 64.8 Å². The highest BCUT2D eigenvalue weighted by Crippen LogP contribution is 2.24. The van der Waals surface area contributed by atoms with Gasteiger partial charge in [0.25, 0.3) is 5.56 Å². The zero-order chi connectivity index (χ0) is 15.8. The maximum Gasteiger partial charge on any atom is 0.297 e. The molecule has 6 heteroatoms. The summed E-state index contributed by atoms with van der Waals surface area (Å²) in [5, 5.41) is 0.839. The van der Waals surface area contributed by atoms with Crippen LogP contribution in [0.5, 0.6) is 5.88 Å². The van der Waals surface area contributed by atoms with Crippen molar-refractivity contribution in [3.63, 3.8) is 0 Å². The lowest BCUT2D eigenvalue weighted by atomic mass is 10.2. The number of furan rings is 1. The SMILES string of the molecule is COc1ncccc1Cn1cnc2c(oc3ccccc32)c1=O. The molecule has 1 aromatic carbocycles. The summed E-state index contributed by atoms with van der Waals surface area (Å²) in [5.74, 6) is 0.490. The first kappa shape index (κ1) is 13.5. The average Bonchev–Trinajstić information content (AvgIpc) is 2.97. The van der Waals surface area contributed by atoms with Crippen LogP contribution < -0.4 is 10.3 Å². The monoisotopic (exact) mass is 307 g/mol. The first-order valence-electron chi connectivity index (χ1n) is 7.12. The highest BCUT2D eigenvalue weighted by atomic mass is 16.5. The number of rotatable bonds is 3. The maximum atomic E-state index is 12.7. The Morgan fingerprint density at radius 1 is 1.17 bits per heavy atom. The van der Waals surface area contributed by atoms with Crippen LogP contribution in [0.3, 0.4) is 0 Å². The lowest BCUT2D eigenvalue weighted by Gasteiger charge is -2.08. The van der Waals surface area contributed by atoms with Crippen molar-refractivity contribution >= 4 is 22.1 Å². The van der Waals surface area contributed by atoms with Crippen LogP contribution >= 0.6 is 0 Å². The second-order valence-electron chi connectivity index (χ2n) is 5.13. The van der Waals surface area contributed by atoms with E-state index in [4.69, 9.17) is 9.15 Å². The molecule has 4 rings (SSSR count). The van der Waals surface area contributed by atoms with Crippen LogP contribution in [-0.4, -0.2) is 21.6 Å². The number of hydrogen-bond donors (Lipinski definition) is 0. The van der Waals surface area contributed by atoms with E-state index >= 15 is 0 Å². The molecule has 114 valence electrons. The van der Waals surface area contributed by atoms with E-state index < -0.39 is 0 Å². The molecule has 0 N–H and O–H groups in total. The number of benzene rings is 1. The number of nitrogens with zero attached hydrogens (tertiary/aromatic N) is 3. The van der Waals surface area contributed by atoms with Crippen LogP contribution in [-0.2, 0) is 6.54 Å². The van der Waals surface area contributed by atoms with Crippen molar-refractivity contribution in [2.75, 3.05) is 7.11 Å². The molecule has 0 unspecified atom stereocenters. The molecule has 3 heterocycles. The van der Waals surface area contributed by atoms with Gasteiger partial charge < -0.3 is 9.15 Å². The molecule has 0 bridgehead atoms. The van der Waals surface area contributed by atoms with E-state index in [-0.39, 0.29) is 11.1 Å². The van der Waals surface area contributed by atoms with Gasteiger partial charge in [0.05, 0.1) is 20.0 Å². The van der Waals surface area contributed by atoms with Gasteiger partial charge in [0.1, 0.15) is 11.1 Å². The van der Waals surface area contributed by atoms with Crippen LogP contribution in [0.25, 0.3) is 22.1 Å². The first-order chi connectivity index (χ1) is 11.3. The lowest BCUT2D eigenvalue weighted by molar-refractivity contribution is 0.391. The van der Waals surface area contributed by atoms with E-state index in [1.54, 1.807) is 19.4 Å². The van der Waals surface area contributed by atoms with Crippen molar-refractivity contribution in [3.8, 4) is 5.88 Å². The van der Waals surface area contributed by atoms with Gasteiger partial charge in [-0.1, -0.05) is 18.2 Å². The van der Waals surface area contributed by atoms with Crippen LogP contribution in [0.4, 0.5) is 0 Å². The van der Waals surface area contributed by atoms with Gasteiger partial charge in [-0.2, -0.15) is 0 Å². The van der Waals surface area contributed by atoms with Crippen LogP contribution in [0.1, 0.15) is 5.56 Å². The molecular weight excluding hydrogens is 294 g/mol. The Kier molecular flexibility index (Phi) is 3.08. The molecule has 0 amide bonds. The molecule has 0 saturated carbocycles. The van der Waals surface area contributed by atoms with Gasteiger partial charge in [-0.15, -0.1) is 0 Å². The summed E-state index contributed by atoms with van der Waals surface area (Å²) in [6.07, 6.45) is 3.17. The summed E-state index contributed by atoms with van der Waals surface area (Å²) < 4.78 is 12.4. The Morgan fingerprint density at radius 3 is 2.91 bits per heavy atom. The minimum absolute atomic E-state index is 0.225. The summed E-state index contributed by atoms with van der Waals surface area (Å²) in [6.45, 7) is 0.315. The molecule has 0 aliphatic heterocycles. The molecule has 0 atom stereocenters. The van der Waals surface area contributed by atoms with Crippen molar-refractivity contribution in [1.82, 2.24) is 14.5 Å². The normalized spacial score (nSPS) is 11.2. The highest BCUT2D eigenvalue weighted by Gasteiger charge is 2.14. The van der Waals surface area contributed by atoms with Gasteiger partial charge in [0.15, 0.2) is 0 Å². The van der Waals surface area contributed by atoms with Gasteiger partial charge in [-0.25, -0.2) is 9.97 Å². The maximum absolute atomic E-state index is 12.7. The molecule has 3 aromatic heterocycles. The van der Waals surface area contributed by atoms with Gasteiger partial charge in [-0.05, 0) is 18.2 Å². The second-order valence-corrected chi connectivity index (χ2v) is 5.13. The highest BCUT2D eigenvalue weighted by molar-refractivity contribution is 6.01. The first-order valence-corrected chi connectivity index (χ1v) is 7.12. The largest absolute Gasteiger partial charge is 0.481 e. The standard InChI is InChI=1S/C17H13N3O3/c1-22-16-11(5-4-8-18-16)9-20-10-19-14-12-6-2-3-7-13(12)23-15(14)17(20)21/h2-8,10H,9H2,1H3. The molecule has 0 aliphatic carbocycles. The van der Waals surface area contributed by atoms with E-state index in [0.717, 1.165) is 10.9 Å². The molecule has 6 nitrogen and oxygen atoms in total. The topological polar surface area (TPSA) is 70.2 Å². The minimum Gasteiger partial charge on any atom is -0.481 e. The van der Waals surface area contributed by atoms with E-state index in [9.17, 15) is 4.79 Å². The number of aromatic nitrogens is 3. The smallest absolute Gasteiger partial charge is 0.297 e. The van der Waals surface area contributed by atoms with E-state index in [0.29, 0.717) is 23.5 Å².